The summed E-state index contributed by atoms with van der Waals surface area (Å²) in [7, 11) is 1.51. The first kappa shape index (κ1) is 20.3. The third-order valence-corrected chi connectivity index (χ3v) is 5.69. The SMILES string of the molecule is COc1ccc(C=Cc2cc(-c3cccc(C)c3)n3c(nc4ccccc43)c2C#N)cc1O. The van der Waals surface area contributed by atoms with Gasteiger partial charge in [-0.3, -0.25) is 4.40 Å². The maximum absolute atomic E-state index is 10.1. The van der Waals surface area contributed by atoms with Gasteiger partial charge in [-0.25, -0.2) is 4.98 Å². The average molecular weight is 431 g/mol. The standard InChI is InChI=1S/C28H21N3O2/c1-18-6-5-7-21(14-18)25-16-20(12-10-19-11-13-27(33-2)26(32)15-19)22(17-29)28-30-23-8-3-4-9-24(23)31(25)28/h3-16,32H,1-2H3. The van der Waals surface area contributed by atoms with Crippen molar-refractivity contribution in [1.82, 2.24) is 9.38 Å². The Bertz CT molecular complexity index is 1590. The van der Waals surface area contributed by atoms with Crippen LogP contribution in [0.4, 0.5) is 0 Å². The molecule has 2 aromatic heterocycles. The van der Waals surface area contributed by atoms with Gasteiger partial charge in [0.2, 0.25) is 0 Å². The summed E-state index contributed by atoms with van der Waals surface area (Å²) < 4.78 is 7.18. The summed E-state index contributed by atoms with van der Waals surface area (Å²) in [6.45, 7) is 2.06. The molecular weight excluding hydrogens is 410 g/mol. The second-order valence-corrected chi connectivity index (χ2v) is 7.87. The molecule has 5 heteroatoms. The van der Waals surface area contributed by atoms with Crippen LogP contribution in [0.1, 0.15) is 22.3 Å². The lowest BCUT2D eigenvalue weighted by atomic mass is 10.0. The molecular formula is C28H21N3O2. The van der Waals surface area contributed by atoms with Gasteiger partial charge in [0.25, 0.3) is 0 Å². The maximum Gasteiger partial charge on any atom is 0.160 e. The normalized spacial score (nSPS) is 11.3. The van der Waals surface area contributed by atoms with E-state index in [4.69, 9.17) is 9.72 Å². The summed E-state index contributed by atoms with van der Waals surface area (Å²) in [5, 5.41) is 20.2. The molecule has 0 amide bonds. The van der Waals surface area contributed by atoms with Crippen molar-refractivity contribution in [2.75, 3.05) is 7.11 Å². The molecule has 1 N–H and O–H groups in total. The van der Waals surface area contributed by atoms with E-state index in [-0.39, 0.29) is 5.75 Å². The highest BCUT2D eigenvalue weighted by Gasteiger charge is 2.17. The van der Waals surface area contributed by atoms with Crippen molar-refractivity contribution in [1.29, 1.82) is 5.26 Å². The van der Waals surface area contributed by atoms with Crippen LogP contribution in [-0.2, 0) is 0 Å². The van der Waals surface area contributed by atoms with E-state index in [1.54, 1.807) is 12.1 Å². The van der Waals surface area contributed by atoms with E-state index in [1.807, 2.05) is 54.6 Å². The number of hydrogen-bond donors (Lipinski definition) is 1. The molecule has 5 nitrogen and oxygen atoms in total. The van der Waals surface area contributed by atoms with Gasteiger partial charge in [-0.05, 0) is 60.0 Å². The van der Waals surface area contributed by atoms with Crippen LogP contribution in [0.5, 0.6) is 11.5 Å². The third kappa shape index (κ3) is 3.58. The number of imidazole rings is 1. The number of hydrogen-bond acceptors (Lipinski definition) is 4. The quantitative estimate of drug-likeness (QED) is 0.367. The van der Waals surface area contributed by atoms with Crippen molar-refractivity contribution in [3.63, 3.8) is 0 Å². The first-order chi connectivity index (χ1) is 16.1. The summed E-state index contributed by atoms with van der Waals surface area (Å²) in [6, 6.07) is 25.8. The van der Waals surface area contributed by atoms with Gasteiger partial charge < -0.3 is 9.84 Å². The molecule has 3 aromatic carbocycles. The Morgan fingerprint density at radius 1 is 1.00 bits per heavy atom. The Kier molecular flexibility index (Phi) is 5.04. The molecule has 5 rings (SSSR count). The molecule has 5 aromatic rings. The number of phenolic OH excluding ortho intramolecular Hbond substituents is 1. The first-order valence-electron chi connectivity index (χ1n) is 10.6. The van der Waals surface area contributed by atoms with Crippen molar-refractivity contribution >= 4 is 28.8 Å². The fourth-order valence-electron chi connectivity index (χ4n) is 4.11. The zero-order valence-corrected chi connectivity index (χ0v) is 18.3. The largest absolute Gasteiger partial charge is 0.504 e. The number of rotatable bonds is 4. The highest BCUT2D eigenvalue weighted by molar-refractivity contribution is 5.89. The fourth-order valence-corrected chi connectivity index (χ4v) is 4.11. The molecule has 0 radical (unpaired) electrons. The van der Waals surface area contributed by atoms with Gasteiger partial charge >= 0.3 is 0 Å². The van der Waals surface area contributed by atoms with Gasteiger partial charge in [0.1, 0.15) is 11.6 Å². The molecule has 0 aliphatic heterocycles. The number of aromatic hydroxyl groups is 1. The molecule has 0 aliphatic carbocycles. The summed E-state index contributed by atoms with van der Waals surface area (Å²) >= 11 is 0. The zero-order chi connectivity index (χ0) is 22.9. The van der Waals surface area contributed by atoms with Gasteiger partial charge in [0.05, 0.1) is 23.8 Å². The number of para-hydroxylation sites is 2. The molecule has 0 unspecified atom stereocenters. The second kappa shape index (κ2) is 8.18. The van der Waals surface area contributed by atoms with Gasteiger partial charge in [-0.2, -0.15) is 5.26 Å². The van der Waals surface area contributed by atoms with E-state index in [9.17, 15) is 10.4 Å². The second-order valence-electron chi connectivity index (χ2n) is 7.87. The fraction of sp³-hybridized carbons (Fsp3) is 0.0714. The highest BCUT2D eigenvalue weighted by atomic mass is 16.5. The Hall–Kier alpha value is -4.56. The van der Waals surface area contributed by atoms with Crippen molar-refractivity contribution in [2.24, 2.45) is 0 Å². The molecule has 2 heterocycles. The van der Waals surface area contributed by atoms with E-state index in [0.717, 1.165) is 39.0 Å². The molecule has 0 bridgehead atoms. The Balaban J connectivity index is 1.76. The lowest BCUT2D eigenvalue weighted by Gasteiger charge is -2.11. The van der Waals surface area contributed by atoms with Gasteiger partial charge in [0.15, 0.2) is 17.1 Å². The van der Waals surface area contributed by atoms with Crippen LogP contribution in [0.2, 0.25) is 0 Å². The minimum absolute atomic E-state index is 0.0653. The molecule has 0 saturated heterocycles. The van der Waals surface area contributed by atoms with Crippen LogP contribution < -0.4 is 4.74 Å². The number of pyridine rings is 1. The van der Waals surface area contributed by atoms with E-state index in [0.29, 0.717) is 17.0 Å². The van der Waals surface area contributed by atoms with Crippen LogP contribution in [0.3, 0.4) is 0 Å². The van der Waals surface area contributed by atoms with Crippen LogP contribution in [0.15, 0.2) is 72.8 Å². The Morgan fingerprint density at radius 3 is 2.61 bits per heavy atom. The monoisotopic (exact) mass is 431 g/mol. The Morgan fingerprint density at radius 2 is 1.85 bits per heavy atom. The molecule has 0 spiro atoms. The van der Waals surface area contributed by atoms with E-state index < -0.39 is 0 Å². The predicted octanol–water partition coefficient (Wildman–Crippen LogP) is 6.22. The van der Waals surface area contributed by atoms with E-state index in [1.165, 1.54) is 7.11 Å². The first-order valence-corrected chi connectivity index (χ1v) is 10.6. The smallest absolute Gasteiger partial charge is 0.160 e. The lowest BCUT2D eigenvalue weighted by Crippen LogP contribution is -1.98. The topological polar surface area (TPSA) is 70.5 Å². The summed E-state index contributed by atoms with van der Waals surface area (Å²) in [5.74, 6) is 0.479. The number of benzene rings is 3. The predicted molar refractivity (Wildman–Crippen MR) is 131 cm³/mol. The number of phenols is 1. The van der Waals surface area contributed by atoms with E-state index in [2.05, 4.69) is 35.6 Å². The number of methoxy groups -OCH3 is 1. The molecule has 0 atom stereocenters. The molecule has 33 heavy (non-hydrogen) atoms. The van der Waals surface area contributed by atoms with Crippen molar-refractivity contribution < 1.29 is 9.84 Å². The van der Waals surface area contributed by atoms with Crippen molar-refractivity contribution in [3.8, 4) is 28.8 Å². The van der Waals surface area contributed by atoms with Crippen molar-refractivity contribution in [3.05, 3.63) is 95.1 Å². The third-order valence-electron chi connectivity index (χ3n) is 5.69. The number of aryl methyl sites for hydroxylation is 1. The molecule has 0 aliphatic rings. The Labute approximate surface area is 191 Å². The number of nitriles is 1. The minimum atomic E-state index is 0.0653. The molecule has 160 valence electrons. The number of fused-ring (bicyclic) bond motifs is 3. The lowest BCUT2D eigenvalue weighted by molar-refractivity contribution is 0.373. The van der Waals surface area contributed by atoms with Crippen LogP contribution in [0, 0.1) is 18.3 Å². The molecule has 0 fully saturated rings. The van der Waals surface area contributed by atoms with Gasteiger partial charge in [0, 0.05) is 0 Å². The van der Waals surface area contributed by atoms with Crippen molar-refractivity contribution in [2.45, 2.75) is 6.92 Å². The minimum Gasteiger partial charge on any atom is -0.504 e. The van der Waals surface area contributed by atoms with Crippen LogP contribution >= 0.6 is 0 Å². The van der Waals surface area contributed by atoms with Crippen LogP contribution in [0.25, 0.3) is 40.1 Å². The van der Waals surface area contributed by atoms with Gasteiger partial charge in [-0.1, -0.05) is 54.1 Å². The van der Waals surface area contributed by atoms with Crippen LogP contribution in [-0.4, -0.2) is 21.6 Å². The molecule has 0 saturated carbocycles. The van der Waals surface area contributed by atoms with Gasteiger partial charge in [-0.15, -0.1) is 0 Å². The summed E-state index contributed by atoms with van der Waals surface area (Å²) in [6.07, 6.45) is 3.76. The maximum atomic E-state index is 10.1. The average Bonchev–Trinajstić information content (AvgIpc) is 3.21. The number of nitrogens with zero attached hydrogens (tertiary/aromatic N) is 3. The zero-order valence-electron chi connectivity index (χ0n) is 18.3. The number of aromatic nitrogens is 2. The number of ether oxygens (including phenoxy) is 1. The van der Waals surface area contributed by atoms with E-state index >= 15 is 0 Å². The highest BCUT2D eigenvalue weighted by Crippen LogP contribution is 2.32. The summed E-state index contributed by atoms with van der Waals surface area (Å²) in [5.41, 5.74) is 7.62. The summed E-state index contributed by atoms with van der Waals surface area (Å²) in [4.78, 5) is 4.80.